The topological polar surface area (TPSA) is 58.1 Å². The van der Waals surface area contributed by atoms with Crippen molar-refractivity contribution in [3.63, 3.8) is 0 Å². The Balaban J connectivity index is 1.50. The quantitative estimate of drug-likeness (QED) is 0.641. The van der Waals surface area contributed by atoms with Crippen LogP contribution in [0.2, 0.25) is 0 Å². The first-order valence-electron chi connectivity index (χ1n) is 9.73. The number of aryl methyl sites for hydroxylation is 1. The van der Waals surface area contributed by atoms with Gasteiger partial charge in [0.15, 0.2) is 0 Å². The molecule has 2 aromatic carbocycles. The van der Waals surface area contributed by atoms with Gasteiger partial charge in [0.1, 0.15) is 17.9 Å². The smallest absolute Gasteiger partial charge is 0.416 e. The number of phenolic OH excluding ortho intramolecular Hbond substituents is 1. The van der Waals surface area contributed by atoms with Crippen LogP contribution in [0.5, 0.6) is 5.75 Å². The number of rotatable bonds is 3. The van der Waals surface area contributed by atoms with Crippen LogP contribution in [-0.4, -0.2) is 31.3 Å². The molecule has 4 rings (SSSR count). The molecule has 1 aliphatic rings. The van der Waals surface area contributed by atoms with Gasteiger partial charge in [-0.25, -0.2) is 4.79 Å². The molecule has 0 bridgehead atoms. The van der Waals surface area contributed by atoms with Crippen LogP contribution in [0.25, 0.3) is 11.0 Å². The lowest BCUT2D eigenvalue weighted by Crippen LogP contribution is -3.13. The van der Waals surface area contributed by atoms with Crippen LogP contribution in [0.4, 0.5) is 18.9 Å². The van der Waals surface area contributed by atoms with E-state index in [1.165, 1.54) is 23.1 Å². The number of hydrogen-bond donors (Lipinski definition) is 2. The predicted molar refractivity (Wildman–Crippen MR) is 107 cm³/mol. The lowest BCUT2D eigenvalue weighted by atomic mass is 10.1. The van der Waals surface area contributed by atoms with Crippen LogP contribution in [0.3, 0.4) is 0 Å². The minimum absolute atomic E-state index is 0.0739. The van der Waals surface area contributed by atoms with Crippen LogP contribution >= 0.6 is 0 Å². The van der Waals surface area contributed by atoms with Gasteiger partial charge in [0.2, 0.25) is 0 Å². The molecule has 1 fully saturated rings. The van der Waals surface area contributed by atoms with E-state index in [1.807, 2.05) is 4.90 Å². The number of aromatic hydroxyl groups is 1. The molecule has 0 aliphatic carbocycles. The number of halogens is 3. The second kappa shape index (κ2) is 7.68. The van der Waals surface area contributed by atoms with E-state index < -0.39 is 17.4 Å². The summed E-state index contributed by atoms with van der Waals surface area (Å²) < 4.78 is 44.2. The minimum atomic E-state index is -4.36. The van der Waals surface area contributed by atoms with Crippen LogP contribution in [0.15, 0.2) is 51.7 Å². The van der Waals surface area contributed by atoms with Crippen molar-refractivity contribution in [1.29, 1.82) is 0 Å². The Hall–Kier alpha value is -3.00. The van der Waals surface area contributed by atoms with Gasteiger partial charge in [0, 0.05) is 28.3 Å². The first-order chi connectivity index (χ1) is 14.2. The summed E-state index contributed by atoms with van der Waals surface area (Å²) in [4.78, 5) is 15.2. The molecule has 0 radical (unpaired) electrons. The van der Waals surface area contributed by atoms with Gasteiger partial charge in [-0.1, -0.05) is 6.07 Å². The highest BCUT2D eigenvalue weighted by molar-refractivity contribution is 5.84. The number of hydrogen-bond acceptors (Lipinski definition) is 4. The number of alkyl halides is 3. The number of nitrogens with one attached hydrogen (secondary N) is 1. The van der Waals surface area contributed by atoms with E-state index in [0.29, 0.717) is 36.5 Å². The second-order valence-corrected chi connectivity index (χ2v) is 7.64. The molecule has 0 unspecified atom stereocenters. The molecule has 158 valence electrons. The molecule has 8 heteroatoms. The van der Waals surface area contributed by atoms with Crippen molar-refractivity contribution in [3.8, 4) is 5.75 Å². The molecular weight excluding hydrogens is 397 g/mol. The van der Waals surface area contributed by atoms with Gasteiger partial charge in [-0.15, -0.1) is 0 Å². The number of anilines is 1. The molecule has 30 heavy (non-hydrogen) atoms. The van der Waals surface area contributed by atoms with Crippen LogP contribution < -0.4 is 15.4 Å². The SMILES string of the molecule is Cc1c(O)ccc2c(C[NH+]3CCN(c4cccc(C(F)(F)F)c4)CC3)cc(=O)oc12. The van der Waals surface area contributed by atoms with Gasteiger partial charge in [-0.2, -0.15) is 13.2 Å². The third-order valence-electron chi connectivity index (χ3n) is 5.67. The number of benzene rings is 2. The summed E-state index contributed by atoms with van der Waals surface area (Å²) in [6, 6.07) is 10.2. The van der Waals surface area contributed by atoms with Gasteiger partial charge >= 0.3 is 11.8 Å². The van der Waals surface area contributed by atoms with Crippen LogP contribution in [0, 0.1) is 6.92 Å². The molecule has 0 saturated carbocycles. The number of phenols is 1. The Morgan fingerprint density at radius 1 is 1.13 bits per heavy atom. The lowest BCUT2D eigenvalue weighted by molar-refractivity contribution is -0.914. The fourth-order valence-electron chi connectivity index (χ4n) is 3.97. The Kier molecular flexibility index (Phi) is 5.19. The largest absolute Gasteiger partial charge is 0.508 e. The normalized spacial score (nSPS) is 15.7. The van der Waals surface area contributed by atoms with E-state index in [-0.39, 0.29) is 5.75 Å². The van der Waals surface area contributed by atoms with E-state index in [9.17, 15) is 23.1 Å². The third kappa shape index (κ3) is 4.00. The maximum atomic E-state index is 13.0. The fraction of sp³-hybridized carbons (Fsp3) is 0.318. The van der Waals surface area contributed by atoms with Crippen molar-refractivity contribution in [2.24, 2.45) is 0 Å². The zero-order valence-corrected chi connectivity index (χ0v) is 16.4. The highest BCUT2D eigenvalue weighted by Crippen LogP contribution is 2.31. The summed E-state index contributed by atoms with van der Waals surface area (Å²) in [5.41, 5.74) is 1.21. The van der Waals surface area contributed by atoms with Crippen molar-refractivity contribution >= 4 is 16.7 Å². The highest BCUT2D eigenvalue weighted by Gasteiger charge is 2.31. The standard InChI is InChI=1S/C22H21F3N2O3/c1-14-19(28)6-5-18-15(11-20(29)30-21(14)18)13-26-7-9-27(10-8-26)17-4-2-3-16(12-17)22(23,24)25/h2-6,11-12,28H,7-10,13H2,1H3/p+1. The average Bonchev–Trinajstić information content (AvgIpc) is 2.71. The molecule has 3 aromatic rings. The summed E-state index contributed by atoms with van der Waals surface area (Å²) >= 11 is 0. The van der Waals surface area contributed by atoms with Crippen molar-refractivity contribution in [1.82, 2.24) is 0 Å². The van der Waals surface area contributed by atoms with Gasteiger partial charge in [0.05, 0.1) is 31.7 Å². The molecule has 1 aliphatic heterocycles. The van der Waals surface area contributed by atoms with Gasteiger partial charge in [-0.05, 0) is 37.3 Å². The first kappa shape index (κ1) is 20.3. The first-order valence-corrected chi connectivity index (χ1v) is 9.73. The van der Waals surface area contributed by atoms with Crippen molar-refractivity contribution in [2.45, 2.75) is 19.6 Å². The number of nitrogens with zero attached hydrogens (tertiary/aromatic N) is 1. The van der Waals surface area contributed by atoms with Crippen LogP contribution in [0.1, 0.15) is 16.7 Å². The maximum Gasteiger partial charge on any atom is 0.416 e. The number of piperazine rings is 1. The molecule has 1 saturated heterocycles. The molecule has 2 heterocycles. The monoisotopic (exact) mass is 419 g/mol. The number of fused-ring (bicyclic) bond motifs is 1. The average molecular weight is 419 g/mol. The Morgan fingerprint density at radius 2 is 1.87 bits per heavy atom. The molecule has 5 nitrogen and oxygen atoms in total. The van der Waals surface area contributed by atoms with Gasteiger partial charge in [0.25, 0.3) is 0 Å². The molecule has 0 amide bonds. The zero-order chi connectivity index (χ0) is 21.5. The van der Waals surface area contributed by atoms with E-state index in [2.05, 4.69) is 0 Å². The summed E-state index contributed by atoms with van der Waals surface area (Å²) in [5.74, 6) is 0.0739. The predicted octanol–water partition coefficient (Wildman–Crippen LogP) is 2.73. The summed E-state index contributed by atoms with van der Waals surface area (Å²) in [5, 5.41) is 10.7. The van der Waals surface area contributed by atoms with Crippen molar-refractivity contribution in [2.75, 3.05) is 31.1 Å². The van der Waals surface area contributed by atoms with Crippen molar-refractivity contribution in [3.05, 3.63) is 69.6 Å². The molecule has 2 N–H and O–H groups in total. The van der Waals surface area contributed by atoms with Gasteiger partial charge in [-0.3, -0.25) is 0 Å². The minimum Gasteiger partial charge on any atom is -0.508 e. The Morgan fingerprint density at radius 3 is 2.57 bits per heavy atom. The lowest BCUT2D eigenvalue weighted by Gasteiger charge is -2.34. The van der Waals surface area contributed by atoms with Gasteiger partial charge < -0.3 is 19.3 Å². The third-order valence-corrected chi connectivity index (χ3v) is 5.67. The van der Waals surface area contributed by atoms with E-state index in [4.69, 9.17) is 4.42 Å². The Labute approximate surface area is 170 Å². The van der Waals surface area contributed by atoms with E-state index >= 15 is 0 Å². The number of quaternary nitrogens is 1. The molecule has 1 aromatic heterocycles. The summed E-state index contributed by atoms with van der Waals surface area (Å²) in [7, 11) is 0. The Bertz CT molecular complexity index is 1130. The zero-order valence-electron chi connectivity index (χ0n) is 16.4. The fourth-order valence-corrected chi connectivity index (χ4v) is 3.97. The molecular formula is C22H22F3N2O3+. The molecule has 0 spiro atoms. The summed E-state index contributed by atoms with van der Waals surface area (Å²) in [6.45, 7) is 5.00. The highest BCUT2D eigenvalue weighted by atomic mass is 19.4. The summed E-state index contributed by atoms with van der Waals surface area (Å²) in [6.07, 6.45) is -4.36. The second-order valence-electron chi connectivity index (χ2n) is 7.64. The van der Waals surface area contributed by atoms with E-state index in [0.717, 1.165) is 30.1 Å². The van der Waals surface area contributed by atoms with Crippen LogP contribution in [-0.2, 0) is 12.7 Å². The molecule has 0 atom stereocenters. The van der Waals surface area contributed by atoms with E-state index in [1.54, 1.807) is 25.1 Å². The maximum absolute atomic E-state index is 13.0. The van der Waals surface area contributed by atoms with Crippen molar-refractivity contribution < 1.29 is 27.6 Å².